The largest absolute Gasteiger partial charge is 0.469 e. The van der Waals surface area contributed by atoms with E-state index in [0.717, 1.165) is 0 Å². The van der Waals surface area contributed by atoms with Gasteiger partial charge < -0.3 is 9.84 Å². The van der Waals surface area contributed by atoms with E-state index in [2.05, 4.69) is 25.7 Å². The molecule has 1 rings (SSSR count). The van der Waals surface area contributed by atoms with Crippen LogP contribution in [0.15, 0.2) is 22.8 Å². The molecule has 0 saturated heterocycles. The number of aromatic nitrogens is 1. The maximum absolute atomic E-state index is 10.9. The summed E-state index contributed by atoms with van der Waals surface area (Å²) in [6, 6.07) is 5.14. The molecule has 1 unspecified atom stereocenters. The second-order valence-corrected chi connectivity index (χ2v) is 3.49. The van der Waals surface area contributed by atoms with Crippen molar-refractivity contribution in [3.05, 3.63) is 28.5 Å². The Hall–Kier alpha value is -0.940. The fourth-order valence-corrected chi connectivity index (χ4v) is 1.31. The highest BCUT2D eigenvalue weighted by Gasteiger charge is 2.14. The van der Waals surface area contributed by atoms with Crippen molar-refractivity contribution in [3.63, 3.8) is 0 Å². The Balaban J connectivity index is 2.69. The Bertz CT molecular complexity index is 330. The summed E-state index contributed by atoms with van der Waals surface area (Å²) < 4.78 is 5.06. The van der Waals surface area contributed by atoms with Gasteiger partial charge in [0.2, 0.25) is 0 Å². The number of hydrogen-bond donors (Lipinski definition) is 1. The summed E-state index contributed by atoms with van der Waals surface area (Å²) >= 11 is 3.18. The first kappa shape index (κ1) is 11.1. The minimum atomic E-state index is -0.917. The van der Waals surface area contributed by atoms with Crippen LogP contribution in [0.5, 0.6) is 0 Å². The van der Waals surface area contributed by atoms with Gasteiger partial charge in [0.15, 0.2) is 0 Å². The monoisotopic (exact) mass is 259 g/mol. The molecule has 0 fully saturated rings. The molecule has 76 valence electrons. The van der Waals surface area contributed by atoms with Crippen LogP contribution in [-0.2, 0) is 9.53 Å². The molecule has 1 heterocycles. The molecular weight excluding hydrogens is 250 g/mol. The summed E-state index contributed by atoms with van der Waals surface area (Å²) in [5.41, 5.74) is 0.449. The van der Waals surface area contributed by atoms with Crippen LogP contribution >= 0.6 is 15.9 Å². The predicted molar refractivity (Wildman–Crippen MR) is 53.5 cm³/mol. The Morgan fingerprint density at radius 2 is 2.43 bits per heavy atom. The number of carbonyl (C=O) groups is 1. The highest BCUT2D eigenvalue weighted by atomic mass is 79.9. The fourth-order valence-electron chi connectivity index (χ4n) is 0.955. The molecule has 0 aliphatic heterocycles. The Morgan fingerprint density at radius 3 is 3.00 bits per heavy atom. The number of carbonyl (C=O) groups excluding carboxylic acids is 1. The summed E-state index contributed by atoms with van der Waals surface area (Å²) in [4.78, 5) is 14.9. The van der Waals surface area contributed by atoms with E-state index in [9.17, 15) is 9.90 Å². The van der Waals surface area contributed by atoms with Crippen molar-refractivity contribution < 1.29 is 14.6 Å². The highest BCUT2D eigenvalue weighted by Crippen LogP contribution is 2.16. The second kappa shape index (κ2) is 5.07. The van der Waals surface area contributed by atoms with E-state index in [1.807, 2.05) is 0 Å². The maximum atomic E-state index is 10.9. The number of aliphatic hydroxyl groups is 1. The third-order valence-corrected chi connectivity index (χ3v) is 2.11. The van der Waals surface area contributed by atoms with Crippen molar-refractivity contribution in [1.82, 2.24) is 4.98 Å². The number of ether oxygens (including phenoxy) is 1. The highest BCUT2D eigenvalue weighted by molar-refractivity contribution is 9.10. The minimum absolute atomic E-state index is 0.0834. The molecule has 1 aromatic rings. The number of hydrogen-bond acceptors (Lipinski definition) is 4. The number of esters is 1. The van der Waals surface area contributed by atoms with Crippen molar-refractivity contribution in [2.75, 3.05) is 7.11 Å². The Morgan fingerprint density at radius 1 is 1.71 bits per heavy atom. The molecule has 1 aromatic heterocycles. The van der Waals surface area contributed by atoms with Gasteiger partial charge in [0.25, 0.3) is 0 Å². The Labute approximate surface area is 90.0 Å². The van der Waals surface area contributed by atoms with Crippen LogP contribution in [0.4, 0.5) is 0 Å². The fraction of sp³-hybridized carbons (Fsp3) is 0.333. The van der Waals surface area contributed by atoms with Gasteiger partial charge in [-0.15, -0.1) is 0 Å². The lowest BCUT2D eigenvalue weighted by Crippen LogP contribution is -2.09. The normalized spacial score (nSPS) is 12.2. The first-order valence-electron chi connectivity index (χ1n) is 4.01. The molecular formula is C9H10BrNO3. The van der Waals surface area contributed by atoms with Crippen LogP contribution in [0.2, 0.25) is 0 Å². The molecule has 1 N–H and O–H groups in total. The van der Waals surface area contributed by atoms with Crippen LogP contribution in [0.1, 0.15) is 18.2 Å². The van der Waals surface area contributed by atoms with Gasteiger partial charge in [0.1, 0.15) is 10.7 Å². The quantitative estimate of drug-likeness (QED) is 0.660. The van der Waals surface area contributed by atoms with Crippen LogP contribution in [0.3, 0.4) is 0 Å². The minimum Gasteiger partial charge on any atom is -0.469 e. The van der Waals surface area contributed by atoms with Gasteiger partial charge >= 0.3 is 5.97 Å². The van der Waals surface area contributed by atoms with Crippen LogP contribution < -0.4 is 0 Å². The van der Waals surface area contributed by atoms with Crippen molar-refractivity contribution in [3.8, 4) is 0 Å². The molecule has 5 heteroatoms. The number of methoxy groups -OCH3 is 1. The van der Waals surface area contributed by atoms with E-state index in [-0.39, 0.29) is 6.42 Å². The number of nitrogens with zero attached hydrogens (tertiary/aromatic N) is 1. The van der Waals surface area contributed by atoms with E-state index in [1.54, 1.807) is 18.2 Å². The molecule has 0 spiro atoms. The molecule has 0 bridgehead atoms. The molecule has 0 aromatic carbocycles. The molecule has 14 heavy (non-hydrogen) atoms. The van der Waals surface area contributed by atoms with E-state index < -0.39 is 12.1 Å². The average molecular weight is 260 g/mol. The number of pyridine rings is 1. The van der Waals surface area contributed by atoms with Crippen molar-refractivity contribution in [2.24, 2.45) is 0 Å². The summed E-state index contributed by atoms with van der Waals surface area (Å²) in [6.07, 6.45) is -1.00. The number of aliphatic hydroxyl groups excluding tert-OH is 1. The van der Waals surface area contributed by atoms with Crippen molar-refractivity contribution in [1.29, 1.82) is 0 Å². The summed E-state index contributed by atoms with van der Waals surface area (Å²) in [5.74, 6) is -0.459. The van der Waals surface area contributed by atoms with E-state index >= 15 is 0 Å². The third-order valence-electron chi connectivity index (χ3n) is 1.67. The van der Waals surface area contributed by atoms with Crippen LogP contribution in [-0.4, -0.2) is 23.2 Å². The van der Waals surface area contributed by atoms with E-state index in [4.69, 9.17) is 0 Å². The van der Waals surface area contributed by atoms with Crippen molar-refractivity contribution in [2.45, 2.75) is 12.5 Å². The van der Waals surface area contributed by atoms with Crippen molar-refractivity contribution >= 4 is 21.9 Å². The van der Waals surface area contributed by atoms with Crippen LogP contribution in [0.25, 0.3) is 0 Å². The van der Waals surface area contributed by atoms with E-state index in [1.165, 1.54) is 7.11 Å². The molecule has 1 atom stereocenters. The lowest BCUT2D eigenvalue weighted by Gasteiger charge is -2.08. The Kier molecular flexibility index (Phi) is 4.03. The zero-order valence-corrected chi connectivity index (χ0v) is 9.19. The molecule has 0 aliphatic rings. The van der Waals surface area contributed by atoms with Crippen LogP contribution in [0, 0.1) is 0 Å². The van der Waals surface area contributed by atoms with Gasteiger partial charge in [-0.1, -0.05) is 6.07 Å². The first-order valence-corrected chi connectivity index (χ1v) is 4.80. The maximum Gasteiger partial charge on any atom is 0.308 e. The van der Waals surface area contributed by atoms with Gasteiger partial charge in [-0.05, 0) is 28.1 Å². The lowest BCUT2D eigenvalue weighted by atomic mass is 10.2. The lowest BCUT2D eigenvalue weighted by molar-refractivity contribution is -0.142. The SMILES string of the molecule is COC(=O)CC(O)c1cccc(Br)n1. The summed E-state index contributed by atoms with van der Waals surface area (Å²) in [6.45, 7) is 0. The first-order chi connectivity index (χ1) is 6.63. The molecule has 0 amide bonds. The molecule has 4 nitrogen and oxygen atoms in total. The third kappa shape index (κ3) is 3.08. The second-order valence-electron chi connectivity index (χ2n) is 2.68. The van der Waals surface area contributed by atoms with Gasteiger partial charge in [-0.25, -0.2) is 4.98 Å². The zero-order chi connectivity index (χ0) is 10.6. The molecule has 0 radical (unpaired) electrons. The zero-order valence-electron chi connectivity index (χ0n) is 7.61. The average Bonchev–Trinajstić information content (AvgIpc) is 2.17. The number of rotatable bonds is 3. The molecule has 0 saturated carbocycles. The predicted octanol–water partition coefficient (Wildman–Crippen LogP) is 1.44. The number of halogens is 1. The topological polar surface area (TPSA) is 59.4 Å². The summed E-state index contributed by atoms with van der Waals surface area (Å²) in [5, 5.41) is 9.56. The standard InChI is InChI=1S/C9H10BrNO3/c1-14-9(13)5-7(12)6-3-2-4-8(10)11-6/h2-4,7,12H,5H2,1H3. The van der Waals surface area contributed by atoms with Gasteiger partial charge in [0, 0.05) is 0 Å². The van der Waals surface area contributed by atoms with Gasteiger partial charge in [0.05, 0.1) is 19.2 Å². The van der Waals surface area contributed by atoms with Gasteiger partial charge in [-0.2, -0.15) is 0 Å². The van der Waals surface area contributed by atoms with E-state index in [0.29, 0.717) is 10.3 Å². The smallest absolute Gasteiger partial charge is 0.308 e. The summed E-state index contributed by atoms with van der Waals surface area (Å²) in [7, 11) is 1.28. The van der Waals surface area contributed by atoms with Gasteiger partial charge in [-0.3, -0.25) is 4.79 Å². The molecule has 0 aliphatic carbocycles.